The molecule has 0 unspecified atom stereocenters. The van der Waals surface area contributed by atoms with Crippen LogP contribution < -0.4 is 10.6 Å². The standard InChI is InChI=1S/C20H22N2O3/c1-15(24)21-19(13-17-10-6-3-7-11-17)20(25)22-18(14-23)12-16-8-4-2-5-9-16/h2-11,14,18-19H,12-13H2,1H3,(H,21,24)(H,22,25)/t18-,19-/m0/s1. The van der Waals surface area contributed by atoms with E-state index in [-0.39, 0.29) is 11.8 Å². The van der Waals surface area contributed by atoms with E-state index in [0.717, 1.165) is 17.4 Å². The lowest BCUT2D eigenvalue weighted by molar-refractivity contribution is -0.129. The summed E-state index contributed by atoms with van der Waals surface area (Å²) >= 11 is 0. The minimum Gasteiger partial charge on any atom is -0.344 e. The van der Waals surface area contributed by atoms with E-state index in [2.05, 4.69) is 10.6 Å². The lowest BCUT2D eigenvalue weighted by Crippen LogP contribution is -2.51. The molecule has 0 saturated heterocycles. The molecule has 2 aromatic rings. The first-order valence-electron chi connectivity index (χ1n) is 8.19. The molecule has 25 heavy (non-hydrogen) atoms. The number of hydrogen-bond acceptors (Lipinski definition) is 3. The van der Waals surface area contributed by atoms with Gasteiger partial charge in [-0.3, -0.25) is 9.59 Å². The van der Waals surface area contributed by atoms with Gasteiger partial charge in [-0.05, 0) is 17.5 Å². The van der Waals surface area contributed by atoms with Gasteiger partial charge in [0.15, 0.2) is 0 Å². The third kappa shape index (κ3) is 6.22. The predicted octanol–water partition coefficient (Wildman–Crippen LogP) is 1.66. The van der Waals surface area contributed by atoms with Gasteiger partial charge in [-0.15, -0.1) is 0 Å². The smallest absolute Gasteiger partial charge is 0.243 e. The van der Waals surface area contributed by atoms with Crippen molar-refractivity contribution >= 4 is 18.1 Å². The average Bonchev–Trinajstić information content (AvgIpc) is 2.62. The van der Waals surface area contributed by atoms with Gasteiger partial charge in [0.1, 0.15) is 12.3 Å². The number of carbonyl (C=O) groups excluding carboxylic acids is 3. The number of hydrogen-bond donors (Lipinski definition) is 2. The van der Waals surface area contributed by atoms with Crippen LogP contribution in [0.4, 0.5) is 0 Å². The van der Waals surface area contributed by atoms with Gasteiger partial charge >= 0.3 is 0 Å². The van der Waals surface area contributed by atoms with Gasteiger partial charge in [0.05, 0.1) is 6.04 Å². The molecule has 0 aliphatic rings. The number of rotatable bonds is 8. The topological polar surface area (TPSA) is 75.3 Å². The van der Waals surface area contributed by atoms with E-state index in [1.54, 1.807) is 0 Å². The van der Waals surface area contributed by atoms with E-state index in [0.29, 0.717) is 12.8 Å². The van der Waals surface area contributed by atoms with Crippen molar-refractivity contribution in [2.75, 3.05) is 0 Å². The first-order chi connectivity index (χ1) is 12.1. The van der Waals surface area contributed by atoms with Crippen LogP contribution in [0, 0.1) is 0 Å². The molecule has 0 aliphatic carbocycles. The second-order valence-corrected chi connectivity index (χ2v) is 5.88. The summed E-state index contributed by atoms with van der Waals surface area (Å²) in [5.41, 5.74) is 1.89. The van der Waals surface area contributed by atoms with Gasteiger partial charge < -0.3 is 15.4 Å². The molecular weight excluding hydrogens is 316 g/mol. The van der Waals surface area contributed by atoms with Crippen molar-refractivity contribution in [3.8, 4) is 0 Å². The highest BCUT2D eigenvalue weighted by molar-refractivity contribution is 5.88. The van der Waals surface area contributed by atoms with Crippen molar-refractivity contribution in [1.82, 2.24) is 10.6 Å². The molecule has 2 N–H and O–H groups in total. The normalized spacial score (nSPS) is 12.7. The molecule has 0 radical (unpaired) electrons. The number of benzene rings is 2. The number of amides is 2. The fourth-order valence-corrected chi connectivity index (χ4v) is 2.59. The monoisotopic (exact) mass is 338 g/mol. The Morgan fingerprint density at radius 2 is 1.40 bits per heavy atom. The van der Waals surface area contributed by atoms with Gasteiger partial charge in [0.25, 0.3) is 0 Å². The highest BCUT2D eigenvalue weighted by Gasteiger charge is 2.22. The zero-order valence-corrected chi connectivity index (χ0v) is 14.1. The quantitative estimate of drug-likeness (QED) is 0.719. The Bertz CT molecular complexity index is 701. The molecule has 0 bridgehead atoms. The molecule has 2 atom stereocenters. The molecule has 5 heteroatoms. The Balaban J connectivity index is 2.04. The second-order valence-electron chi connectivity index (χ2n) is 5.88. The van der Waals surface area contributed by atoms with Crippen LogP contribution >= 0.6 is 0 Å². The maximum absolute atomic E-state index is 12.6. The van der Waals surface area contributed by atoms with Crippen LogP contribution in [0.3, 0.4) is 0 Å². The molecule has 2 amide bonds. The average molecular weight is 338 g/mol. The van der Waals surface area contributed by atoms with Gasteiger partial charge in [-0.2, -0.15) is 0 Å². The maximum Gasteiger partial charge on any atom is 0.243 e. The van der Waals surface area contributed by atoms with Crippen molar-refractivity contribution in [2.24, 2.45) is 0 Å². The summed E-state index contributed by atoms with van der Waals surface area (Å²) in [5, 5.41) is 5.37. The molecule has 0 aliphatic heterocycles. The molecule has 0 aromatic heterocycles. The van der Waals surface area contributed by atoms with Crippen molar-refractivity contribution < 1.29 is 14.4 Å². The van der Waals surface area contributed by atoms with E-state index in [1.165, 1.54) is 6.92 Å². The Morgan fingerprint density at radius 3 is 1.88 bits per heavy atom. The molecule has 0 fully saturated rings. The summed E-state index contributed by atoms with van der Waals surface area (Å²) in [7, 11) is 0. The van der Waals surface area contributed by atoms with Gasteiger partial charge in [0.2, 0.25) is 11.8 Å². The second kappa shape index (κ2) is 9.37. The van der Waals surface area contributed by atoms with Crippen LogP contribution in [-0.4, -0.2) is 30.2 Å². The van der Waals surface area contributed by atoms with E-state index in [1.807, 2.05) is 60.7 Å². The lowest BCUT2D eigenvalue weighted by atomic mass is 10.0. The van der Waals surface area contributed by atoms with Crippen LogP contribution in [-0.2, 0) is 27.2 Å². The van der Waals surface area contributed by atoms with Crippen LogP contribution in [0.15, 0.2) is 60.7 Å². The summed E-state index contributed by atoms with van der Waals surface area (Å²) in [6, 6.07) is 17.5. The van der Waals surface area contributed by atoms with Crippen LogP contribution in [0.2, 0.25) is 0 Å². The summed E-state index contributed by atoms with van der Waals surface area (Å²) in [4.78, 5) is 35.3. The third-order valence-corrected chi connectivity index (χ3v) is 3.77. The minimum atomic E-state index is -0.724. The lowest BCUT2D eigenvalue weighted by Gasteiger charge is -2.20. The number of nitrogens with one attached hydrogen (secondary N) is 2. The zero-order chi connectivity index (χ0) is 18.1. The molecule has 0 saturated carbocycles. The van der Waals surface area contributed by atoms with E-state index in [4.69, 9.17) is 0 Å². The zero-order valence-electron chi connectivity index (χ0n) is 14.1. The highest BCUT2D eigenvalue weighted by Crippen LogP contribution is 2.06. The Morgan fingerprint density at radius 1 is 0.880 bits per heavy atom. The first-order valence-corrected chi connectivity index (χ1v) is 8.19. The maximum atomic E-state index is 12.6. The van der Waals surface area contributed by atoms with Crippen molar-refractivity contribution in [3.63, 3.8) is 0 Å². The van der Waals surface area contributed by atoms with Gasteiger partial charge in [-0.1, -0.05) is 60.7 Å². The largest absolute Gasteiger partial charge is 0.344 e. The molecular formula is C20H22N2O3. The van der Waals surface area contributed by atoms with Crippen LogP contribution in [0.1, 0.15) is 18.1 Å². The molecule has 5 nitrogen and oxygen atoms in total. The van der Waals surface area contributed by atoms with Gasteiger partial charge in [-0.25, -0.2) is 0 Å². The molecule has 0 heterocycles. The molecule has 2 aromatic carbocycles. The SMILES string of the molecule is CC(=O)N[C@@H](Cc1ccccc1)C(=O)N[C@H](C=O)Cc1ccccc1. The summed E-state index contributed by atoms with van der Waals surface area (Å²) < 4.78 is 0. The fraction of sp³-hybridized carbons (Fsp3) is 0.250. The Labute approximate surface area is 147 Å². The molecule has 0 spiro atoms. The molecule has 130 valence electrons. The van der Waals surface area contributed by atoms with Crippen molar-refractivity contribution in [1.29, 1.82) is 0 Å². The van der Waals surface area contributed by atoms with Crippen molar-refractivity contribution in [3.05, 3.63) is 71.8 Å². The van der Waals surface area contributed by atoms with Crippen LogP contribution in [0.25, 0.3) is 0 Å². The number of aldehydes is 1. The summed E-state index contributed by atoms with van der Waals surface area (Å²) in [6.07, 6.45) is 1.50. The van der Waals surface area contributed by atoms with Gasteiger partial charge in [0, 0.05) is 13.3 Å². The summed E-state index contributed by atoms with van der Waals surface area (Å²) in [6.45, 7) is 1.37. The minimum absolute atomic E-state index is 0.290. The van der Waals surface area contributed by atoms with E-state index in [9.17, 15) is 14.4 Å². The van der Waals surface area contributed by atoms with E-state index < -0.39 is 12.1 Å². The van der Waals surface area contributed by atoms with Crippen LogP contribution in [0.5, 0.6) is 0 Å². The van der Waals surface area contributed by atoms with Crippen molar-refractivity contribution in [2.45, 2.75) is 31.8 Å². The Hall–Kier alpha value is -2.95. The summed E-state index contributed by atoms with van der Waals surface area (Å²) in [5.74, 6) is -0.658. The molecule has 2 rings (SSSR count). The Kier molecular flexibility index (Phi) is 6.89. The fourth-order valence-electron chi connectivity index (χ4n) is 2.59. The highest BCUT2D eigenvalue weighted by atomic mass is 16.2. The van der Waals surface area contributed by atoms with E-state index >= 15 is 0 Å². The first kappa shape index (κ1) is 18.4. The third-order valence-electron chi connectivity index (χ3n) is 3.77. The predicted molar refractivity (Wildman–Crippen MR) is 95.9 cm³/mol. The number of carbonyl (C=O) groups is 3.